The Morgan fingerprint density at radius 2 is 2.23 bits per heavy atom. The Morgan fingerprint density at radius 3 is 2.69 bits per heavy atom. The van der Waals surface area contributed by atoms with Gasteiger partial charge in [-0.25, -0.2) is 0 Å². The van der Waals surface area contributed by atoms with E-state index in [1.165, 1.54) is 17.7 Å². The molecule has 2 rings (SSSR count). The second-order valence-electron chi connectivity index (χ2n) is 3.43. The van der Waals surface area contributed by atoms with Gasteiger partial charge in [-0.15, -0.1) is 23.7 Å². The van der Waals surface area contributed by atoms with E-state index in [4.69, 9.17) is 17.3 Å². The molecule has 1 aromatic heterocycles. The van der Waals surface area contributed by atoms with Crippen LogP contribution in [0.15, 0.2) is 12.1 Å². The maximum absolute atomic E-state index is 6.00. The Bertz CT molecular complexity index is 270. The lowest BCUT2D eigenvalue weighted by atomic mass is 10.1. The van der Waals surface area contributed by atoms with Crippen molar-refractivity contribution in [2.45, 2.75) is 25.3 Å². The lowest BCUT2D eigenvalue weighted by molar-refractivity contribution is 0.605. The zero-order chi connectivity index (χ0) is 8.55. The zero-order valence-electron chi connectivity index (χ0n) is 7.20. The molecule has 4 heteroatoms. The van der Waals surface area contributed by atoms with E-state index in [9.17, 15) is 0 Å². The molecule has 0 saturated heterocycles. The first-order chi connectivity index (χ1) is 5.75. The van der Waals surface area contributed by atoms with Gasteiger partial charge in [0.1, 0.15) is 0 Å². The first kappa shape index (κ1) is 11.3. The van der Waals surface area contributed by atoms with E-state index in [0.717, 1.165) is 16.7 Å². The Labute approximate surface area is 93.7 Å². The monoisotopic (exact) mass is 237 g/mol. The summed E-state index contributed by atoms with van der Waals surface area (Å²) < 4.78 is 0.844. The van der Waals surface area contributed by atoms with Gasteiger partial charge in [0.05, 0.1) is 4.34 Å². The lowest BCUT2D eigenvalue weighted by Gasteiger charge is -2.06. The smallest absolute Gasteiger partial charge is 0.0931 e. The average Bonchev–Trinajstić information content (AvgIpc) is 2.72. The maximum atomic E-state index is 6.00. The molecule has 0 aromatic carbocycles. The van der Waals surface area contributed by atoms with Gasteiger partial charge in [-0.2, -0.15) is 0 Å². The second kappa shape index (κ2) is 4.65. The minimum Gasteiger partial charge on any atom is -0.323 e. The van der Waals surface area contributed by atoms with Gasteiger partial charge >= 0.3 is 0 Å². The van der Waals surface area contributed by atoms with Gasteiger partial charge in [-0.05, 0) is 24.5 Å². The Morgan fingerprint density at radius 1 is 1.54 bits per heavy atom. The van der Waals surface area contributed by atoms with E-state index in [1.54, 1.807) is 11.3 Å². The lowest BCUT2D eigenvalue weighted by Crippen LogP contribution is -2.08. The number of hydrogen-bond donors (Lipinski definition) is 1. The molecule has 1 saturated carbocycles. The topological polar surface area (TPSA) is 26.0 Å². The average molecular weight is 238 g/mol. The third-order valence-electron chi connectivity index (χ3n) is 2.24. The molecule has 1 nitrogen and oxygen atoms in total. The van der Waals surface area contributed by atoms with Crippen LogP contribution in [0.4, 0.5) is 0 Å². The van der Waals surface area contributed by atoms with Crippen molar-refractivity contribution in [1.29, 1.82) is 0 Å². The van der Waals surface area contributed by atoms with Crippen LogP contribution in [0.1, 0.15) is 30.2 Å². The molecule has 0 radical (unpaired) electrons. The SMILES string of the molecule is Cl.N[C@H](CC1CC1)c1ccc(Cl)s1. The fraction of sp³-hybridized carbons (Fsp3) is 0.556. The molecule has 13 heavy (non-hydrogen) atoms. The Kier molecular flexibility index (Phi) is 4.05. The molecular weight excluding hydrogens is 225 g/mol. The molecule has 1 fully saturated rings. The van der Waals surface area contributed by atoms with Crippen molar-refractivity contribution >= 4 is 35.3 Å². The minimum absolute atomic E-state index is 0. The summed E-state index contributed by atoms with van der Waals surface area (Å²) in [6.07, 6.45) is 3.87. The van der Waals surface area contributed by atoms with Crippen LogP contribution < -0.4 is 5.73 Å². The first-order valence-electron chi connectivity index (χ1n) is 4.26. The van der Waals surface area contributed by atoms with Gasteiger partial charge < -0.3 is 5.73 Å². The fourth-order valence-corrected chi connectivity index (χ4v) is 2.43. The predicted octanol–water partition coefficient (Wildman–Crippen LogP) is 3.62. The van der Waals surface area contributed by atoms with Crippen molar-refractivity contribution in [1.82, 2.24) is 0 Å². The fourth-order valence-electron chi connectivity index (χ4n) is 1.36. The molecule has 0 bridgehead atoms. The Hall–Kier alpha value is 0.240. The molecule has 1 aromatic rings. The third-order valence-corrected chi connectivity index (χ3v) is 3.61. The highest BCUT2D eigenvalue weighted by molar-refractivity contribution is 7.16. The van der Waals surface area contributed by atoms with Crippen LogP contribution in [0.25, 0.3) is 0 Å². The van der Waals surface area contributed by atoms with Crippen LogP contribution in [-0.4, -0.2) is 0 Å². The van der Waals surface area contributed by atoms with E-state index in [1.807, 2.05) is 12.1 Å². The van der Waals surface area contributed by atoms with Crippen molar-refractivity contribution in [2.75, 3.05) is 0 Å². The van der Waals surface area contributed by atoms with E-state index >= 15 is 0 Å². The van der Waals surface area contributed by atoms with Gasteiger partial charge in [0.2, 0.25) is 0 Å². The van der Waals surface area contributed by atoms with Gasteiger partial charge in [-0.1, -0.05) is 24.4 Å². The van der Waals surface area contributed by atoms with Crippen LogP contribution in [0.3, 0.4) is 0 Å². The maximum Gasteiger partial charge on any atom is 0.0931 e. The summed E-state index contributed by atoms with van der Waals surface area (Å²) in [6.45, 7) is 0. The first-order valence-corrected chi connectivity index (χ1v) is 5.46. The van der Waals surface area contributed by atoms with Crippen LogP contribution in [0.2, 0.25) is 4.34 Å². The highest BCUT2D eigenvalue weighted by atomic mass is 35.5. The highest BCUT2D eigenvalue weighted by Gasteiger charge is 2.24. The molecule has 0 amide bonds. The molecule has 0 spiro atoms. The zero-order valence-corrected chi connectivity index (χ0v) is 9.59. The summed E-state index contributed by atoms with van der Waals surface area (Å²) >= 11 is 7.43. The number of hydrogen-bond acceptors (Lipinski definition) is 2. The largest absolute Gasteiger partial charge is 0.323 e. The summed E-state index contributed by atoms with van der Waals surface area (Å²) in [5.74, 6) is 0.890. The molecule has 1 aliphatic carbocycles. The van der Waals surface area contributed by atoms with Crippen molar-refractivity contribution in [3.8, 4) is 0 Å². The van der Waals surface area contributed by atoms with Crippen molar-refractivity contribution < 1.29 is 0 Å². The van der Waals surface area contributed by atoms with Gasteiger partial charge in [-0.3, -0.25) is 0 Å². The second-order valence-corrected chi connectivity index (χ2v) is 5.17. The number of halogens is 2. The van der Waals surface area contributed by atoms with Crippen molar-refractivity contribution in [3.63, 3.8) is 0 Å². The van der Waals surface area contributed by atoms with E-state index in [0.29, 0.717) is 0 Å². The number of thiophene rings is 1. The van der Waals surface area contributed by atoms with E-state index < -0.39 is 0 Å². The molecule has 0 aliphatic heterocycles. The van der Waals surface area contributed by atoms with E-state index in [2.05, 4.69) is 0 Å². The number of nitrogens with two attached hydrogens (primary N) is 1. The van der Waals surface area contributed by atoms with Crippen LogP contribution >= 0.6 is 35.3 Å². The van der Waals surface area contributed by atoms with Crippen LogP contribution in [0.5, 0.6) is 0 Å². The van der Waals surface area contributed by atoms with Crippen molar-refractivity contribution in [3.05, 3.63) is 21.3 Å². The predicted molar refractivity (Wildman–Crippen MR) is 60.8 cm³/mol. The Balaban J connectivity index is 0.000000845. The molecule has 1 aliphatic rings. The minimum atomic E-state index is 0. The molecular formula is C9H13Cl2NS. The van der Waals surface area contributed by atoms with Crippen LogP contribution in [-0.2, 0) is 0 Å². The third kappa shape index (κ3) is 3.13. The molecule has 74 valence electrons. The molecule has 0 unspecified atom stereocenters. The molecule has 1 heterocycles. The summed E-state index contributed by atoms with van der Waals surface area (Å²) in [5, 5.41) is 0. The van der Waals surface area contributed by atoms with Gasteiger partial charge in [0, 0.05) is 10.9 Å². The summed E-state index contributed by atoms with van der Waals surface area (Å²) in [4.78, 5) is 1.23. The van der Waals surface area contributed by atoms with Crippen LogP contribution in [0, 0.1) is 5.92 Å². The van der Waals surface area contributed by atoms with Gasteiger partial charge in [0.15, 0.2) is 0 Å². The van der Waals surface area contributed by atoms with E-state index in [-0.39, 0.29) is 18.4 Å². The molecule has 2 N–H and O–H groups in total. The summed E-state index contributed by atoms with van der Waals surface area (Å²) in [6, 6.07) is 4.18. The standard InChI is InChI=1S/C9H12ClNS.ClH/c10-9-4-3-8(12-9)7(11)5-6-1-2-6;/h3-4,6-7H,1-2,5,11H2;1H/t7-;/m1./s1. The quantitative estimate of drug-likeness (QED) is 0.855. The van der Waals surface area contributed by atoms with Gasteiger partial charge in [0.25, 0.3) is 0 Å². The molecule has 1 atom stereocenters. The summed E-state index contributed by atoms with van der Waals surface area (Å²) in [5.41, 5.74) is 6.00. The normalized spacial score (nSPS) is 18.0. The summed E-state index contributed by atoms with van der Waals surface area (Å²) in [7, 11) is 0. The highest BCUT2D eigenvalue weighted by Crippen LogP contribution is 2.38. The van der Waals surface area contributed by atoms with Crippen molar-refractivity contribution in [2.24, 2.45) is 11.7 Å². The number of rotatable bonds is 3.